The Bertz CT molecular complexity index is 471. The Hall–Kier alpha value is -1.49. The van der Waals surface area contributed by atoms with Gasteiger partial charge in [-0.05, 0) is 30.8 Å². The minimum absolute atomic E-state index is 0.455. The maximum absolute atomic E-state index is 4.85. The number of aryl methyl sites for hydroxylation is 1. The van der Waals surface area contributed by atoms with Crippen LogP contribution in [0.3, 0.4) is 0 Å². The number of pyridine rings is 1. The minimum Gasteiger partial charge on any atom is -0.282 e. The summed E-state index contributed by atoms with van der Waals surface area (Å²) < 4.78 is 0.455. The fraction of sp³-hybridized carbons (Fsp3) is 0.125. The van der Waals surface area contributed by atoms with Crippen molar-refractivity contribution in [3.63, 3.8) is 0 Å². The highest BCUT2D eigenvalue weighted by Crippen LogP contribution is 2.12. The van der Waals surface area contributed by atoms with E-state index in [0.29, 0.717) is 4.77 Å². The summed E-state index contributed by atoms with van der Waals surface area (Å²) in [5.41, 5.74) is 2.03. The van der Waals surface area contributed by atoms with Gasteiger partial charge in [-0.2, -0.15) is 4.98 Å². The molecule has 0 fully saturated rings. The zero-order valence-corrected chi connectivity index (χ0v) is 7.85. The normalized spacial score (nSPS) is 10.2. The molecule has 0 spiro atoms. The molecule has 5 heteroatoms. The molecule has 0 aliphatic carbocycles. The third kappa shape index (κ3) is 1.65. The van der Waals surface area contributed by atoms with E-state index in [0.717, 1.165) is 17.0 Å². The van der Waals surface area contributed by atoms with Gasteiger partial charge in [-0.1, -0.05) is 0 Å². The topological polar surface area (TPSA) is 57.4 Å². The molecule has 66 valence electrons. The van der Waals surface area contributed by atoms with Crippen LogP contribution in [-0.4, -0.2) is 20.2 Å². The number of aromatic nitrogens is 4. The Balaban J connectivity index is 2.52. The molecule has 0 aliphatic heterocycles. The average molecular weight is 192 g/mol. The Morgan fingerprint density at radius 2 is 2.15 bits per heavy atom. The van der Waals surface area contributed by atoms with E-state index in [1.54, 1.807) is 12.4 Å². The van der Waals surface area contributed by atoms with E-state index in [2.05, 4.69) is 20.2 Å². The molecule has 0 aromatic carbocycles. The molecule has 2 rings (SSSR count). The highest BCUT2D eigenvalue weighted by atomic mass is 32.1. The van der Waals surface area contributed by atoms with Gasteiger partial charge in [0.1, 0.15) is 0 Å². The lowest BCUT2D eigenvalue weighted by Crippen LogP contribution is -1.84. The van der Waals surface area contributed by atoms with Crippen LogP contribution in [-0.2, 0) is 0 Å². The highest BCUT2D eigenvalue weighted by molar-refractivity contribution is 7.71. The molecule has 13 heavy (non-hydrogen) atoms. The van der Waals surface area contributed by atoms with E-state index in [-0.39, 0.29) is 0 Å². The number of hydrogen-bond donors (Lipinski definition) is 2. The van der Waals surface area contributed by atoms with Gasteiger partial charge in [0.25, 0.3) is 0 Å². The van der Waals surface area contributed by atoms with Crippen molar-refractivity contribution < 1.29 is 0 Å². The molecule has 0 amide bonds. The predicted molar refractivity (Wildman–Crippen MR) is 51.7 cm³/mol. The fourth-order valence-corrected chi connectivity index (χ4v) is 1.23. The van der Waals surface area contributed by atoms with E-state index in [9.17, 15) is 0 Å². The van der Waals surface area contributed by atoms with E-state index in [1.807, 2.05) is 13.0 Å². The monoisotopic (exact) mass is 192 g/mol. The molecule has 0 saturated heterocycles. The maximum Gasteiger partial charge on any atom is 0.213 e. The molecule has 0 atom stereocenters. The summed E-state index contributed by atoms with van der Waals surface area (Å²) >= 11 is 4.85. The van der Waals surface area contributed by atoms with Crippen molar-refractivity contribution in [1.82, 2.24) is 20.2 Å². The van der Waals surface area contributed by atoms with Gasteiger partial charge >= 0.3 is 0 Å². The molecule has 2 aromatic rings. The van der Waals surface area contributed by atoms with Gasteiger partial charge in [-0.25, -0.2) is 0 Å². The van der Waals surface area contributed by atoms with Gasteiger partial charge in [-0.3, -0.25) is 15.2 Å². The molecule has 2 aromatic heterocycles. The van der Waals surface area contributed by atoms with Gasteiger partial charge in [-0.15, -0.1) is 0 Å². The van der Waals surface area contributed by atoms with Crippen LogP contribution in [0.5, 0.6) is 0 Å². The van der Waals surface area contributed by atoms with E-state index < -0.39 is 0 Å². The maximum atomic E-state index is 4.85. The van der Waals surface area contributed by atoms with Crippen molar-refractivity contribution in [2.45, 2.75) is 6.92 Å². The largest absolute Gasteiger partial charge is 0.282 e. The molecule has 2 heterocycles. The van der Waals surface area contributed by atoms with Crippen molar-refractivity contribution in [3.05, 3.63) is 28.8 Å². The number of rotatable bonds is 1. The number of nitrogens with zero attached hydrogens (tertiary/aromatic N) is 2. The summed E-state index contributed by atoms with van der Waals surface area (Å²) in [6.45, 7) is 1.98. The predicted octanol–water partition coefficient (Wildman–Crippen LogP) is 1.84. The van der Waals surface area contributed by atoms with Crippen LogP contribution in [0.25, 0.3) is 11.4 Å². The Kier molecular flexibility index (Phi) is 1.94. The van der Waals surface area contributed by atoms with Crippen LogP contribution < -0.4 is 0 Å². The van der Waals surface area contributed by atoms with Crippen LogP contribution in [0, 0.1) is 11.7 Å². The van der Waals surface area contributed by atoms with E-state index in [1.165, 1.54) is 0 Å². The lowest BCUT2D eigenvalue weighted by molar-refractivity contribution is 1.08. The van der Waals surface area contributed by atoms with Crippen molar-refractivity contribution in [2.75, 3.05) is 0 Å². The molecule has 0 bridgehead atoms. The van der Waals surface area contributed by atoms with Gasteiger partial charge in [0.05, 0.1) is 0 Å². The zero-order valence-electron chi connectivity index (χ0n) is 7.03. The third-order valence-electron chi connectivity index (χ3n) is 1.65. The first-order valence-corrected chi connectivity index (χ1v) is 4.23. The standard InChI is InChI=1S/C8H8N4S/c1-5-2-6(4-9-3-5)7-10-8(13)12-11-7/h2-4H,1H3,(H2,10,11,12,13). The minimum atomic E-state index is 0.455. The molecular formula is C8H8N4S. The molecule has 0 aliphatic rings. The molecule has 0 saturated carbocycles. The second kappa shape index (κ2) is 3.10. The quantitative estimate of drug-likeness (QED) is 0.678. The molecular weight excluding hydrogens is 184 g/mol. The highest BCUT2D eigenvalue weighted by Gasteiger charge is 2.00. The zero-order chi connectivity index (χ0) is 9.26. The lowest BCUT2D eigenvalue weighted by Gasteiger charge is -1.95. The van der Waals surface area contributed by atoms with Gasteiger partial charge < -0.3 is 0 Å². The summed E-state index contributed by atoms with van der Waals surface area (Å²) in [6.07, 6.45) is 3.54. The number of nitrogens with one attached hydrogen (secondary N) is 2. The van der Waals surface area contributed by atoms with Crippen molar-refractivity contribution >= 4 is 12.2 Å². The number of H-pyrrole nitrogens is 2. The lowest BCUT2D eigenvalue weighted by atomic mass is 10.2. The third-order valence-corrected chi connectivity index (χ3v) is 1.84. The van der Waals surface area contributed by atoms with Crippen LogP contribution >= 0.6 is 12.2 Å². The van der Waals surface area contributed by atoms with Crippen molar-refractivity contribution in [3.8, 4) is 11.4 Å². The molecule has 4 nitrogen and oxygen atoms in total. The first kappa shape index (κ1) is 8.12. The summed E-state index contributed by atoms with van der Waals surface area (Å²) in [4.78, 5) is 8.15. The van der Waals surface area contributed by atoms with Crippen LogP contribution in [0.2, 0.25) is 0 Å². The van der Waals surface area contributed by atoms with Crippen LogP contribution in [0.15, 0.2) is 18.5 Å². The molecule has 0 radical (unpaired) electrons. The first-order valence-electron chi connectivity index (χ1n) is 3.82. The Morgan fingerprint density at radius 3 is 2.77 bits per heavy atom. The first-order chi connectivity index (χ1) is 6.25. The Labute approximate surface area is 80.0 Å². The second-order valence-corrected chi connectivity index (χ2v) is 3.15. The SMILES string of the molecule is Cc1cncc(-c2nc(=S)[nH][nH]2)c1. The average Bonchev–Trinajstić information content (AvgIpc) is 2.52. The summed E-state index contributed by atoms with van der Waals surface area (Å²) in [6, 6.07) is 1.99. The van der Waals surface area contributed by atoms with Gasteiger partial charge in [0.15, 0.2) is 5.82 Å². The number of aromatic amines is 2. The van der Waals surface area contributed by atoms with Gasteiger partial charge in [0, 0.05) is 18.0 Å². The molecule has 0 unspecified atom stereocenters. The molecule has 2 N–H and O–H groups in total. The second-order valence-electron chi connectivity index (χ2n) is 2.77. The summed E-state index contributed by atoms with van der Waals surface area (Å²) in [5.74, 6) is 0.723. The van der Waals surface area contributed by atoms with Gasteiger partial charge in [0.2, 0.25) is 4.77 Å². The van der Waals surface area contributed by atoms with E-state index >= 15 is 0 Å². The van der Waals surface area contributed by atoms with Crippen molar-refractivity contribution in [2.24, 2.45) is 0 Å². The fourth-order valence-electron chi connectivity index (χ4n) is 1.09. The smallest absolute Gasteiger partial charge is 0.213 e. The van der Waals surface area contributed by atoms with Crippen molar-refractivity contribution in [1.29, 1.82) is 0 Å². The van der Waals surface area contributed by atoms with E-state index in [4.69, 9.17) is 12.2 Å². The number of hydrogen-bond acceptors (Lipinski definition) is 3. The summed E-state index contributed by atoms with van der Waals surface area (Å²) in [7, 11) is 0. The van der Waals surface area contributed by atoms with Crippen LogP contribution in [0.1, 0.15) is 5.56 Å². The Morgan fingerprint density at radius 1 is 1.31 bits per heavy atom. The van der Waals surface area contributed by atoms with Crippen LogP contribution in [0.4, 0.5) is 0 Å². The summed E-state index contributed by atoms with van der Waals surface area (Å²) in [5, 5.41) is 5.61.